The molecule has 2 heterocycles. The van der Waals surface area contributed by atoms with Gasteiger partial charge in [-0.2, -0.15) is 5.10 Å². The number of rotatable bonds is 10. The van der Waals surface area contributed by atoms with Crippen LogP contribution >= 0.6 is 11.6 Å². The first-order chi connectivity index (χ1) is 21.2. The summed E-state index contributed by atoms with van der Waals surface area (Å²) in [5.41, 5.74) is 20.4. The number of benzene rings is 3. The van der Waals surface area contributed by atoms with Crippen molar-refractivity contribution < 1.29 is 14.3 Å². The third-order valence-electron chi connectivity index (χ3n) is 8.09. The van der Waals surface area contributed by atoms with E-state index in [0.717, 1.165) is 22.0 Å². The van der Waals surface area contributed by atoms with E-state index in [-0.39, 0.29) is 18.6 Å². The molecule has 5 aromatic rings. The molecule has 0 aliphatic heterocycles. The first-order valence-electron chi connectivity index (χ1n) is 14.0. The number of nitrogens with one attached hydrogen (secondary N) is 2. The fourth-order valence-electron chi connectivity index (χ4n) is 5.80. The zero-order chi connectivity index (χ0) is 30.8. The Morgan fingerprint density at radius 3 is 2.45 bits per heavy atom. The molecule has 3 aromatic carbocycles. The maximum absolute atomic E-state index is 13.6. The molecule has 44 heavy (non-hydrogen) atoms. The number of carbonyl (C=O) groups excluding carboxylic acids is 2. The molecular weight excluding hydrogens is 578 g/mol. The second-order valence-corrected chi connectivity index (χ2v) is 11.2. The molecular formula is C33H30ClN7O3. The second kappa shape index (κ2) is 11.7. The Morgan fingerprint density at radius 2 is 1.75 bits per heavy atom. The molecule has 10 nitrogen and oxygen atoms in total. The SMILES string of the molecule is NC(=O)C1=C(COc2ccccc2)CC(C(N)=O)([C@H](Cc2ccccc2)c2nc(-c3ccc4c(N)n[nH]c4c3)c(Cl)[nH]2)C=C1. The molecule has 1 aliphatic rings. The van der Waals surface area contributed by atoms with E-state index in [1.165, 1.54) is 0 Å². The van der Waals surface area contributed by atoms with E-state index in [9.17, 15) is 9.59 Å². The van der Waals surface area contributed by atoms with Gasteiger partial charge < -0.3 is 26.9 Å². The fraction of sp³-hybridized carbons (Fsp3) is 0.152. The zero-order valence-electron chi connectivity index (χ0n) is 23.6. The molecule has 8 N–H and O–H groups in total. The summed E-state index contributed by atoms with van der Waals surface area (Å²) in [6.07, 6.45) is 3.73. The maximum atomic E-state index is 13.6. The largest absolute Gasteiger partial charge is 0.489 e. The van der Waals surface area contributed by atoms with Gasteiger partial charge in [0, 0.05) is 22.4 Å². The number of hydrogen-bond acceptors (Lipinski definition) is 6. The summed E-state index contributed by atoms with van der Waals surface area (Å²) in [7, 11) is 0. The number of anilines is 1. The number of primary amides is 2. The number of carbonyl (C=O) groups is 2. The highest BCUT2D eigenvalue weighted by Gasteiger charge is 2.47. The van der Waals surface area contributed by atoms with Crippen molar-refractivity contribution in [3.63, 3.8) is 0 Å². The number of nitrogens with two attached hydrogens (primary N) is 3. The van der Waals surface area contributed by atoms with Gasteiger partial charge in [0.05, 0.1) is 10.9 Å². The molecule has 2 atom stereocenters. The van der Waals surface area contributed by atoms with Crippen molar-refractivity contribution in [3.8, 4) is 17.0 Å². The van der Waals surface area contributed by atoms with Gasteiger partial charge in [0.15, 0.2) is 5.82 Å². The smallest absolute Gasteiger partial charge is 0.248 e. The first kappa shape index (κ1) is 28.8. The molecule has 1 aliphatic carbocycles. The Balaban J connectivity index is 1.43. The van der Waals surface area contributed by atoms with Gasteiger partial charge in [0.1, 0.15) is 29.0 Å². The predicted molar refractivity (Wildman–Crippen MR) is 170 cm³/mol. The zero-order valence-corrected chi connectivity index (χ0v) is 24.3. The van der Waals surface area contributed by atoms with E-state index >= 15 is 0 Å². The summed E-state index contributed by atoms with van der Waals surface area (Å²) < 4.78 is 6.01. The van der Waals surface area contributed by atoms with Crippen molar-refractivity contribution in [2.45, 2.75) is 18.8 Å². The number of ether oxygens (including phenoxy) is 1. The minimum Gasteiger partial charge on any atom is -0.489 e. The highest BCUT2D eigenvalue weighted by molar-refractivity contribution is 6.32. The van der Waals surface area contributed by atoms with Crippen LogP contribution in [0.2, 0.25) is 5.15 Å². The minimum atomic E-state index is -1.30. The summed E-state index contributed by atoms with van der Waals surface area (Å²) in [6, 6.07) is 24.5. The lowest BCUT2D eigenvalue weighted by Gasteiger charge is -2.38. The van der Waals surface area contributed by atoms with Crippen molar-refractivity contribution in [2.24, 2.45) is 16.9 Å². The van der Waals surface area contributed by atoms with Gasteiger partial charge >= 0.3 is 0 Å². The van der Waals surface area contributed by atoms with Crippen LogP contribution in [0.25, 0.3) is 22.2 Å². The van der Waals surface area contributed by atoms with Crippen molar-refractivity contribution in [2.75, 3.05) is 12.3 Å². The van der Waals surface area contributed by atoms with E-state index in [4.69, 9.17) is 38.5 Å². The topological polar surface area (TPSA) is 179 Å². The van der Waals surface area contributed by atoms with Gasteiger partial charge in [-0.05, 0) is 48.2 Å². The highest BCUT2D eigenvalue weighted by atomic mass is 35.5. The average molecular weight is 608 g/mol. The van der Waals surface area contributed by atoms with Crippen LogP contribution < -0.4 is 21.9 Å². The van der Waals surface area contributed by atoms with E-state index in [0.29, 0.717) is 40.2 Å². The van der Waals surface area contributed by atoms with Gasteiger partial charge in [-0.25, -0.2) is 4.98 Å². The fourth-order valence-corrected chi connectivity index (χ4v) is 6.04. The van der Waals surface area contributed by atoms with Crippen LogP contribution in [0, 0.1) is 5.41 Å². The predicted octanol–water partition coefficient (Wildman–Crippen LogP) is 4.81. The van der Waals surface area contributed by atoms with Crippen LogP contribution in [0.3, 0.4) is 0 Å². The van der Waals surface area contributed by atoms with Crippen molar-refractivity contribution in [1.29, 1.82) is 0 Å². The molecule has 222 valence electrons. The number of para-hydroxylation sites is 1. The van der Waals surface area contributed by atoms with Crippen LogP contribution in [0.5, 0.6) is 5.75 Å². The summed E-state index contributed by atoms with van der Waals surface area (Å²) >= 11 is 6.76. The first-order valence-corrected chi connectivity index (χ1v) is 14.3. The Kier molecular flexibility index (Phi) is 7.67. The van der Waals surface area contributed by atoms with E-state index in [1.807, 2.05) is 78.9 Å². The monoisotopic (exact) mass is 607 g/mol. The standard InChI is InChI=1S/C33H30ClN7O3/c34-28-27(20-11-12-24-26(16-20)40-41-29(24)35)38-31(39-28)25(15-19-7-3-1-4-8-19)33(32(37)43)14-13-23(30(36)42)21(17-33)18-44-22-9-5-2-6-10-22/h1-14,16,25H,15,17-18H2,(H2,36,42)(H2,37,43)(H,38,39)(H3,35,40,41)/t25-,33?/m1/s1. The number of nitrogens with zero attached hydrogens (tertiary/aromatic N) is 2. The molecule has 0 spiro atoms. The lowest BCUT2D eigenvalue weighted by Crippen LogP contribution is -2.44. The van der Waals surface area contributed by atoms with Gasteiger partial charge in [-0.3, -0.25) is 14.7 Å². The van der Waals surface area contributed by atoms with E-state index in [2.05, 4.69) is 15.2 Å². The highest BCUT2D eigenvalue weighted by Crippen LogP contribution is 2.47. The van der Waals surface area contributed by atoms with Gasteiger partial charge in [0.2, 0.25) is 11.8 Å². The number of nitrogen functional groups attached to an aromatic ring is 1. The molecule has 1 unspecified atom stereocenters. The van der Waals surface area contributed by atoms with Gasteiger partial charge in [-0.15, -0.1) is 0 Å². The molecule has 2 aromatic heterocycles. The summed E-state index contributed by atoms with van der Waals surface area (Å²) in [6.45, 7) is 0.0389. The van der Waals surface area contributed by atoms with Crippen LogP contribution in [0.15, 0.2) is 102 Å². The molecule has 0 saturated heterocycles. The molecule has 0 fully saturated rings. The molecule has 0 bridgehead atoms. The number of imidazole rings is 1. The molecule has 2 amide bonds. The second-order valence-electron chi connectivity index (χ2n) is 10.8. The Bertz CT molecular complexity index is 1910. The maximum Gasteiger partial charge on any atom is 0.248 e. The normalized spacial score (nSPS) is 17.1. The summed E-state index contributed by atoms with van der Waals surface area (Å²) in [5, 5.41) is 8.06. The number of fused-ring (bicyclic) bond motifs is 1. The van der Waals surface area contributed by atoms with Crippen molar-refractivity contribution in [3.05, 3.63) is 119 Å². The van der Waals surface area contributed by atoms with Crippen LogP contribution in [0.1, 0.15) is 23.7 Å². The van der Waals surface area contributed by atoms with Gasteiger partial charge in [0.25, 0.3) is 0 Å². The average Bonchev–Trinajstić information content (AvgIpc) is 3.61. The van der Waals surface area contributed by atoms with Crippen LogP contribution in [0.4, 0.5) is 5.82 Å². The van der Waals surface area contributed by atoms with E-state index < -0.39 is 23.1 Å². The summed E-state index contributed by atoms with van der Waals surface area (Å²) in [5.74, 6) is -0.332. The summed E-state index contributed by atoms with van der Waals surface area (Å²) in [4.78, 5) is 34.2. The Hall–Kier alpha value is -5.35. The molecule has 0 saturated carbocycles. The number of amides is 2. The lowest BCUT2D eigenvalue weighted by molar-refractivity contribution is -0.126. The third-order valence-corrected chi connectivity index (χ3v) is 8.37. The van der Waals surface area contributed by atoms with Crippen LogP contribution in [-0.4, -0.2) is 38.6 Å². The third kappa shape index (κ3) is 5.43. The number of aromatic nitrogens is 4. The molecule has 6 rings (SSSR count). The number of aromatic amines is 2. The molecule has 11 heteroatoms. The van der Waals surface area contributed by atoms with Gasteiger partial charge in [-0.1, -0.05) is 78.4 Å². The number of halogens is 1. The minimum absolute atomic E-state index is 0.0389. The van der Waals surface area contributed by atoms with Crippen molar-refractivity contribution in [1.82, 2.24) is 20.2 Å². The van der Waals surface area contributed by atoms with E-state index in [1.54, 1.807) is 12.2 Å². The molecule has 0 radical (unpaired) electrons. The number of H-pyrrole nitrogens is 2. The Morgan fingerprint density at radius 1 is 1.02 bits per heavy atom. The lowest BCUT2D eigenvalue weighted by atomic mass is 9.65. The van der Waals surface area contributed by atoms with Crippen molar-refractivity contribution >= 4 is 40.1 Å². The number of hydrogen-bond donors (Lipinski definition) is 5. The van der Waals surface area contributed by atoms with Crippen LogP contribution in [-0.2, 0) is 16.0 Å². The quantitative estimate of drug-likeness (QED) is 0.152. The Labute approximate surface area is 257 Å².